The SMILES string of the molecule is C=CN(/C=C1/C(C(F)(F)F)=CC(c2nncs2)=CN1C)c1cccc(C(c2nncn2C)C2CCC2)c1. The first-order valence-corrected chi connectivity index (χ1v) is 12.7. The standard InChI is InChI=1S/C26H26F3N7S/c1-4-36(14-22-21(26(27,28)29)12-19(13-34(22)2)25-33-31-16-37-25)20-10-6-9-18(11-20)23(17-7-5-8-17)24-32-30-15-35(24)3/h4,6,9-17,23H,1,5,7-8H2,2-3H3/b22-14-. The fourth-order valence-electron chi connectivity index (χ4n) is 4.76. The summed E-state index contributed by atoms with van der Waals surface area (Å²) in [5.41, 5.74) is 2.83. The summed E-state index contributed by atoms with van der Waals surface area (Å²) in [5, 5.41) is 16.5. The summed E-state index contributed by atoms with van der Waals surface area (Å²) >= 11 is 1.19. The Kier molecular flexibility index (Phi) is 6.72. The van der Waals surface area contributed by atoms with Crippen LogP contribution in [0.1, 0.15) is 41.6 Å². The van der Waals surface area contributed by atoms with Crippen molar-refractivity contribution in [1.82, 2.24) is 29.9 Å². The first kappa shape index (κ1) is 24.9. The lowest BCUT2D eigenvalue weighted by Crippen LogP contribution is -2.27. The molecule has 0 bridgehead atoms. The summed E-state index contributed by atoms with van der Waals surface area (Å²) in [6, 6.07) is 7.82. The minimum Gasteiger partial charge on any atom is -0.349 e. The molecule has 0 saturated heterocycles. The Morgan fingerprint density at radius 1 is 1.19 bits per heavy atom. The van der Waals surface area contributed by atoms with Crippen LogP contribution in [0.2, 0.25) is 0 Å². The number of benzene rings is 1. The van der Waals surface area contributed by atoms with Gasteiger partial charge in [0.25, 0.3) is 0 Å². The summed E-state index contributed by atoms with van der Waals surface area (Å²) in [4.78, 5) is 3.07. The van der Waals surface area contributed by atoms with Gasteiger partial charge in [-0.2, -0.15) is 13.2 Å². The molecule has 0 amide bonds. The molecule has 1 atom stereocenters. The van der Waals surface area contributed by atoms with E-state index in [1.165, 1.54) is 40.6 Å². The first-order chi connectivity index (χ1) is 17.8. The number of aryl methyl sites for hydroxylation is 1. The van der Waals surface area contributed by atoms with Crippen LogP contribution >= 0.6 is 11.3 Å². The van der Waals surface area contributed by atoms with Gasteiger partial charge in [-0.05, 0) is 42.5 Å². The van der Waals surface area contributed by atoms with Crippen molar-refractivity contribution in [2.75, 3.05) is 11.9 Å². The molecule has 2 aromatic heterocycles. The van der Waals surface area contributed by atoms with E-state index in [9.17, 15) is 13.2 Å². The predicted molar refractivity (Wildman–Crippen MR) is 137 cm³/mol. The molecule has 0 N–H and O–H groups in total. The molecule has 0 spiro atoms. The molecule has 7 nitrogen and oxygen atoms in total. The fourth-order valence-corrected chi connectivity index (χ4v) is 5.30. The van der Waals surface area contributed by atoms with Crippen molar-refractivity contribution >= 4 is 22.6 Å². The van der Waals surface area contributed by atoms with E-state index in [2.05, 4.69) is 27.0 Å². The van der Waals surface area contributed by atoms with Crippen LogP contribution in [0.5, 0.6) is 0 Å². The molecule has 0 radical (unpaired) electrons. The highest BCUT2D eigenvalue weighted by Crippen LogP contribution is 2.44. The Morgan fingerprint density at radius 2 is 2.00 bits per heavy atom. The average molecular weight is 526 g/mol. The van der Waals surface area contributed by atoms with Gasteiger partial charge in [-0.15, -0.1) is 20.4 Å². The molecular formula is C26H26F3N7S. The van der Waals surface area contributed by atoms with Gasteiger partial charge in [0, 0.05) is 49.9 Å². The van der Waals surface area contributed by atoms with Crippen LogP contribution < -0.4 is 4.90 Å². The zero-order valence-corrected chi connectivity index (χ0v) is 21.2. The van der Waals surface area contributed by atoms with Crippen molar-refractivity contribution in [2.45, 2.75) is 31.4 Å². The van der Waals surface area contributed by atoms with Crippen LogP contribution in [0, 0.1) is 5.92 Å². The van der Waals surface area contributed by atoms with Crippen LogP contribution in [-0.4, -0.2) is 43.1 Å². The predicted octanol–water partition coefficient (Wildman–Crippen LogP) is 5.87. The van der Waals surface area contributed by atoms with E-state index in [0.717, 1.165) is 30.3 Å². The molecule has 37 heavy (non-hydrogen) atoms. The van der Waals surface area contributed by atoms with Gasteiger partial charge in [0.05, 0.1) is 11.3 Å². The normalized spacial score (nSPS) is 18.3. The molecule has 1 fully saturated rings. The molecule has 1 saturated carbocycles. The molecule has 2 aliphatic rings. The Hall–Kier alpha value is -3.73. The number of likely N-dealkylation sites (N-methyl/N-ethyl adjacent to an activating group) is 1. The maximum atomic E-state index is 14.2. The highest BCUT2D eigenvalue weighted by molar-refractivity contribution is 7.10. The van der Waals surface area contributed by atoms with E-state index in [1.54, 1.807) is 24.5 Å². The third-order valence-electron chi connectivity index (χ3n) is 6.83. The average Bonchev–Trinajstić information content (AvgIpc) is 3.52. The topological polar surface area (TPSA) is 63.0 Å². The van der Waals surface area contributed by atoms with Crippen molar-refractivity contribution in [2.24, 2.45) is 13.0 Å². The smallest absolute Gasteiger partial charge is 0.349 e. The van der Waals surface area contributed by atoms with Crippen molar-refractivity contribution in [3.63, 3.8) is 0 Å². The quantitative estimate of drug-likeness (QED) is 0.385. The third kappa shape index (κ3) is 4.95. The van der Waals surface area contributed by atoms with Crippen molar-refractivity contribution in [3.05, 3.63) is 95.0 Å². The van der Waals surface area contributed by atoms with Crippen LogP contribution in [0.15, 0.2) is 78.6 Å². The maximum Gasteiger partial charge on any atom is 0.418 e. The number of rotatable bonds is 7. The number of aromatic nitrogens is 5. The molecule has 192 valence electrons. The van der Waals surface area contributed by atoms with E-state index in [0.29, 0.717) is 22.2 Å². The van der Waals surface area contributed by atoms with Gasteiger partial charge in [-0.25, -0.2) is 0 Å². The second-order valence-corrected chi connectivity index (χ2v) is 10.00. The molecule has 5 rings (SSSR count). The molecule has 1 unspecified atom stereocenters. The van der Waals surface area contributed by atoms with Gasteiger partial charge in [0.15, 0.2) is 0 Å². The van der Waals surface area contributed by atoms with E-state index in [1.807, 2.05) is 35.9 Å². The van der Waals surface area contributed by atoms with Crippen LogP contribution in [-0.2, 0) is 7.05 Å². The molecule has 11 heteroatoms. The lowest BCUT2D eigenvalue weighted by Gasteiger charge is -2.34. The molecule has 3 aromatic rings. The Balaban J connectivity index is 1.52. The van der Waals surface area contributed by atoms with Gasteiger partial charge in [0.2, 0.25) is 0 Å². The molecule has 1 aromatic carbocycles. The van der Waals surface area contributed by atoms with Crippen molar-refractivity contribution < 1.29 is 13.2 Å². The first-order valence-electron chi connectivity index (χ1n) is 11.8. The second kappa shape index (κ2) is 9.97. The van der Waals surface area contributed by atoms with E-state index >= 15 is 0 Å². The van der Waals surface area contributed by atoms with E-state index in [4.69, 9.17) is 0 Å². The number of hydrogen-bond acceptors (Lipinski definition) is 7. The molecule has 1 aliphatic heterocycles. The summed E-state index contributed by atoms with van der Waals surface area (Å²) in [6.45, 7) is 3.88. The monoisotopic (exact) mass is 525 g/mol. The zero-order valence-electron chi connectivity index (χ0n) is 20.4. The van der Waals surface area contributed by atoms with Crippen molar-refractivity contribution in [1.29, 1.82) is 0 Å². The van der Waals surface area contributed by atoms with Gasteiger partial charge < -0.3 is 14.4 Å². The largest absolute Gasteiger partial charge is 0.418 e. The van der Waals surface area contributed by atoms with Crippen LogP contribution in [0.4, 0.5) is 18.9 Å². The Labute approximate surface area is 217 Å². The number of alkyl halides is 3. The minimum atomic E-state index is -4.57. The molecule has 1 aliphatic carbocycles. The van der Waals surface area contributed by atoms with Gasteiger partial charge >= 0.3 is 6.18 Å². The van der Waals surface area contributed by atoms with Gasteiger partial charge in [0.1, 0.15) is 22.7 Å². The van der Waals surface area contributed by atoms with E-state index in [-0.39, 0.29) is 11.6 Å². The summed E-state index contributed by atoms with van der Waals surface area (Å²) in [6.07, 6.45) is 6.21. The number of anilines is 1. The minimum absolute atomic E-state index is 0.00471. The van der Waals surface area contributed by atoms with Crippen LogP contribution in [0.3, 0.4) is 0 Å². The fraction of sp³-hybridized carbons (Fsp3) is 0.308. The zero-order chi connectivity index (χ0) is 26.2. The highest BCUT2D eigenvalue weighted by Gasteiger charge is 2.39. The third-order valence-corrected chi connectivity index (χ3v) is 7.57. The van der Waals surface area contributed by atoms with Crippen molar-refractivity contribution in [3.8, 4) is 0 Å². The maximum absolute atomic E-state index is 14.2. The van der Waals surface area contributed by atoms with E-state index < -0.39 is 11.7 Å². The summed E-state index contributed by atoms with van der Waals surface area (Å²) < 4.78 is 44.5. The number of allylic oxidation sites excluding steroid dienone is 3. The van der Waals surface area contributed by atoms with Crippen LogP contribution in [0.25, 0.3) is 5.57 Å². The molecule has 3 heterocycles. The Bertz CT molecular complexity index is 1370. The van der Waals surface area contributed by atoms with Gasteiger partial charge in [-0.3, -0.25) is 0 Å². The Morgan fingerprint density at radius 3 is 2.59 bits per heavy atom. The second-order valence-electron chi connectivity index (χ2n) is 9.16. The summed E-state index contributed by atoms with van der Waals surface area (Å²) in [7, 11) is 3.52. The molecular weight excluding hydrogens is 499 g/mol. The lowest BCUT2D eigenvalue weighted by molar-refractivity contribution is -0.0910. The summed E-state index contributed by atoms with van der Waals surface area (Å²) in [5.74, 6) is 1.39. The number of halogens is 3. The van der Waals surface area contributed by atoms with Gasteiger partial charge in [-0.1, -0.05) is 36.5 Å². The lowest BCUT2D eigenvalue weighted by atomic mass is 9.72. The number of nitrogens with zero attached hydrogens (tertiary/aromatic N) is 7. The highest BCUT2D eigenvalue weighted by atomic mass is 32.1. The number of hydrogen-bond donors (Lipinski definition) is 0.